The third kappa shape index (κ3) is 1.98. The molecule has 0 saturated carbocycles. The predicted octanol–water partition coefficient (Wildman–Crippen LogP) is 1.47. The van der Waals surface area contributed by atoms with Crippen LogP contribution in [0.3, 0.4) is 0 Å². The maximum atomic E-state index is 12.4. The normalized spacial score (nSPS) is 30.0. The summed E-state index contributed by atoms with van der Waals surface area (Å²) in [5.41, 5.74) is 0.0368. The van der Waals surface area contributed by atoms with E-state index >= 15 is 0 Å². The van der Waals surface area contributed by atoms with E-state index in [1.807, 2.05) is 0 Å². The van der Waals surface area contributed by atoms with E-state index in [4.69, 9.17) is 9.15 Å². The lowest BCUT2D eigenvalue weighted by Gasteiger charge is -2.38. The fourth-order valence-corrected chi connectivity index (χ4v) is 4.40. The number of piperidine rings is 1. The van der Waals surface area contributed by atoms with Crippen molar-refractivity contribution in [3.05, 3.63) is 18.6 Å². The van der Waals surface area contributed by atoms with Crippen molar-refractivity contribution in [1.82, 2.24) is 4.31 Å². The minimum Gasteiger partial charge on any atom is -0.471 e. The molecule has 2 aliphatic heterocycles. The first-order valence-corrected chi connectivity index (χ1v) is 7.67. The van der Waals surface area contributed by atoms with Crippen LogP contribution in [0.5, 0.6) is 0 Å². The van der Waals surface area contributed by atoms with Gasteiger partial charge in [0.25, 0.3) is 0 Å². The quantitative estimate of drug-likeness (QED) is 0.817. The summed E-state index contributed by atoms with van der Waals surface area (Å²) >= 11 is 0. The fraction of sp³-hybridized carbons (Fsp3) is 0.667. The van der Waals surface area contributed by atoms with Crippen LogP contribution in [0.1, 0.15) is 19.3 Å². The van der Waals surface area contributed by atoms with Gasteiger partial charge >= 0.3 is 0 Å². The molecule has 6 heteroatoms. The lowest BCUT2D eigenvalue weighted by atomic mass is 9.80. The molecule has 1 aromatic heterocycles. The van der Waals surface area contributed by atoms with Crippen LogP contribution in [-0.2, 0) is 14.8 Å². The number of sulfonamides is 1. The highest BCUT2D eigenvalue weighted by Gasteiger charge is 2.42. The molecule has 3 rings (SSSR count). The molecule has 0 unspecified atom stereocenters. The summed E-state index contributed by atoms with van der Waals surface area (Å²) in [5.74, 6) is 0. The molecule has 0 N–H and O–H groups in total. The Morgan fingerprint density at radius 3 is 2.89 bits per heavy atom. The van der Waals surface area contributed by atoms with E-state index in [-0.39, 0.29) is 10.3 Å². The Labute approximate surface area is 107 Å². The Bertz CT molecular complexity index is 502. The molecule has 0 amide bonds. The summed E-state index contributed by atoms with van der Waals surface area (Å²) in [5, 5.41) is 0. The van der Waals surface area contributed by atoms with Gasteiger partial charge in [-0.3, -0.25) is 0 Å². The van der Waals surface area contributed by atoms with E-state index in [2.05, 4.69) is 0 Å². The molecular weight excluding hydrogens is 254 g/mol. The molecule has 0 radical (unpaired) electrons. The van der Waals surface area contributed by atoms with E-state index < -0.39 is 10.0 Å². The molecule has 0 aliphatic carbocycles. The van der Waals surface area contributed by atoms with Gasteiger partial charge in [0, 0.05) is 25.1 Å². The van der Waals surface area contributed by atoms with Gasteiger partial charge in [-0.15, -0.1) is 0 Å². The maximum absolute atomic E-state index is 12.4. The molecule has 3 heterocycles. The van der Waals surface area contributed by atoms with Crippen LogP contribution in [0.25, 0.3) is 0 Å². The number of rotatable bonds is 2. The summed E-state index contributed by atoms with van der Waals surface area (Å²) in [6, 6.07) is 1.50. The van der Waals surface area contributed by atoms with Crippen LogP contribution in [-0.4, -0.2) is 39.0 Å². The second-order valence-electron chi connectivity index (χ2n) is 5.20. The molecule has 2 saturated heterocycles. The minimum absolute atomic E-state index is 0.0368. The molecule has 18 heavy (non-hydrogen) atoms. The Balaban J connectivity index is 1.84. The summed E-state index contributed by atoms with van der Waals surface area (Å²) in [6.45, 7) is 2.60. The van der Waals surface area contributed by atoms with Crippen molar-refractivity contribution in [3.63, 3.8) is 0 Å². The van der Waals surface area contributed by atoms with Gasteiger partial charge < -0.3 is 9.15 Å². The lowest BCUT2D eigenvalue weighted by molar-refractivity contribution is 0.105. The molecule has 5 nitrogen and oxygen atoms in total. The zero-order valence-electron chi connectivity index (χ0n) is 10.2. The Morgan fingerprint density at radius 2 is 2.22 bits per heavy atom. The standard InChI is InChI=1S/C12H17NO4S/c14-18(15,11-2-6-16-8-11)13-5-1-3-12(9-13)4-7-17-10-12/h2,6,8H,1,3-5,7,9-10H2/t12-/m1/s1. The summed E-state index contributed by atoms with van der Waals surface area (Å²) < 4.78 is 36.7. The molecule has 1 aromatic rings. The second kappa shape index (κ2) is 4.36. The van der Waals surface area contributed by atoms with Crippen LogP contribution >= 0.6 is 0 Å². The minimum atomic E-state index is -3.40. The van der Waals surface area contributed by atoms with E-state index in [1.54, 1.807) is 4.31 Å². The first kappa shape index (κ1) is 12.2. The van der Waals surface area contributed by atoms with E-state index in [0.29, 0.717) is 19.7 Å². The average molecular weight is 271 g/mol. The highest BCUT2D eigenvalue weighted by atomic mass is 32.2. The van der Waals surface area contributed by atoms with Gasteiger partial charge in [-0.05, 0) is 25.3 Å². The Hall–Kier alpha value is -0.850. The second-order valence-corrected chi connectivity index (χ2v) is 7.14. The molecule has 0 aromatic carbocycles. The fourth-order valence-electron chi connectivity index (χ4n) is 2.89. The average Bonchev–Trinajstić information content (AvgIpc) is 3.01. The smallest absolute Gasteiger partial charge is 0.246 e. The molecule has 2 fully saturated rings. The molecule has 100 valence electrons. The highest BCUT2D eigenvalue weighted by Crippen LogP contribution is 2.39. The van der Waals surface area contributed by atoms with Crippen molar-refractivity contribution >= 4 is 10.0 Å². The van der Waals surface area contributed by atoms with Gasteiger partial charge in [0.1, 0.15) is 11.2 Å². The summed E-state index contributed by atoms with van der Waals surface area (Å²) in [6.07, 6.45) is 5.61. The molecular formula is C12H17NO4S. The van der Waals surface area contributed by atoms with Gasteiger partial charge in [-0.25, -0.2) is 8.42 Å². The predicted molar refractivity (Wildman–Crippen MR) is 64.6 cm³/mol. The highest BCUT2D eigenvalue weighted by molar-refractivity contribution is 7.89. The van der Waals surface area contributed by atoms with Crippen molar-refractivity contribution in [2.24, 2.45) is 5.41 Å². The number of hydrogen-bond acceptors (Lipinski definition) is 4. The van der Waals surface area contributed by atoms with Gasteiger partial charge in [-0.1, -0.05) is 0 Å². The van der Waals surface area contributed by atoms with Crippen LogP contribution < -0.4 is 0 Å². The summed E-state index contributed by atoms with van der Waals surface area (Å²) in [7, 11) is -3.40. The first-order valence-electron chi connectivity index (χ1n) is 6.23. The first-order chi connectivity index (χ1) is 8.62. The van der Waals surface area contributed by atoms with Crippen LogP contribution in [0.4, 0.5) is 0 Å². The Morgan fingerprint density at radius 1 is 1.33 bits per heavy atom. The molecule has 1 atom stereocenters. The largest absolute Gasteiger partial charge is 0.471 e. The summed E-state index contributed by atoms with van der Waals surface area (Å²) in [4.78, 5) is 0.249. The monoisotopic (exact) mass is 271 g/mol. The van der Waals surface area contributed by atoms with Crippen LogP contribution in [0.2, 0.25) is 0 Å². The third-order valence-electron chi connectivity index (χ3n) is 3.94. The SMILES string of the molecule is O=S(=O)(c1ccoc1)N1CCC[C@@]2(CCOC2)C1. The lowest BCUT2D eigenvalue weighted by Crippen LogP contribution is -2.46. The van der Waals surface area contributed by atoms with Crippen molar-refractivity contribution in [2.45, 2.75) is 24.2 Å². The Kier molecular flexibility index (Phi) is 2.96. The topological polar surface area (TPSA) is 59.8 Å². The van der Waals surface area contributed by atoms with Crippen molar-refractivity contribution in [2.75, 3.05) is 26.3 Å². The zero-order valence-corrected chi connectivity index (χ0v) is 11.0. The zero-order chi connectivity index (χ0) is 12.6. The van der Waals surface area contributed by atoms with Gasteiger partial charge in [-0.2, -0.15) is 4.31 Å². The van der Waals surface area contributed by atoms with Gasteiger partial charge in [0.05, 0.1) is 12.9 Å². The van der Waals surface area contributed by atoms with Crippen LogP contribution in [0.15, 0.2) is 27.9 Å². The molecule has 1 spiro atoms. The third-order valence-corrected chi connectivity index (χ3v) is 5.76. The van der Waals surface area contributed by atoms with Gasteiger partial charge in [0.15, 0.2) is 0 Å². The van der Waals surface area contributed by atoms with Crippen molar-refractivity contribution in [3.8, 4) is 0 Å². The number of furan rings is 1. The van der Waals surface area contributed by atoms with Crippen molar-refractivity contribution < 1.29 is 17.6 Å². The number of nitrogens with zero attached hydrogens (tertiary/aromatic N) is 1. The van der Waals surface area contributed by atoms with E-state index in [0.717, 1.165) is 25.9 Å². The van der Waals surface area contributed by atoms with Crippen molar-refractivity contribution in [1.29, 1.82) is 0 Å². The van der Waals surface area contributed by atoms with E-state index in [1.165, 1.54) is 18.6 Å². The number of hydrogen-bond donors (Lipinski definition) is 0. The molecule has 2 aliphatic rings. The number of ether oxygens (including phenoxy) is 1. The molecule has 0 bridgehead atoms. The van der Waals surface area contributed by atoms with E-state index in [9.17, 15) is 8.42 Å². The maximum Gasteiger partial charge on any atom is 0.246 e. The van der Waals surface area contributed by atoms with Crippen LogP contribution in [0, 0.1) is 5.41 Å². The van der Waals surface area contributed by atoms with Gasteiger partial charge in [0.2, 0.25) is 10.0 Å².